The minimum Gasteiger partial charge on any atom is -0.478 e. The molecule has 0 spiro atoms. The summed E-state index contributed by atoms with van der Waals surface area (Å²) in [6, 6.07) is 16.6. The molecule has 0 bridgehead atoms. The Morgan fingerprint density at radius 2 is 1.60 bits per heavy atom. The number of nitrogens with one attached hydrogen (secondary N) is 1. The summed E-state index contributed by atoms with van der Waals surface area (Å²) in [6.07, 6.45) is 0. The second-order valence-corrected chi connectivity index (χ2v) is 6.48. The number of hydrogen-bond donors (Lipinski definition) is 3. The fourth-order valence-corrected chi connectivity index (χ4v) is 2.95. The maximum Gasteiger partial charge on any atom is 0.335 e. The summed E-state index contributed by atoms with van der Waals surface area (Å²) in [5, 5.41) is 11.8. The molecule has 148 valence electrons. The number of benzene rings is 3. The van der Waals surface area contributed by atoms with Crippen molar-refractivity contribution in [2.75, 3.05) is 11.1 Å². The highest BCUT2D eigenvalue weighted by Gasteiger charge is 2.19. The standard InChI is InChI=1S/C22H15FN4O3/c23-14-8-5-12(6-9-14)19-20(26-17-4-2-1-3-16(17)25-19)21(28)27-18-11-13(22(29)30)7-10-15(18)24/h1-11H,24H2,(H,27,28)(H,29,30). The average molecular weight is 402 g/mol. The molecule has 0 aliphatic carbocycles. The van der Waals surface area contributed by atoms with Gasteiger partial charge in [-0.1, -0.05) is 12.1 Å². The van der Waals surface area contributed by atoms with Gasteiger partial charge in [0.25, 0.3) is 5.91 Å². The van der Waals surface area contributed by atoms with Gasteiger partial charge in [0.1, 0.15) is 11.5 Å². The Balaban J connectivity index is 1.82. The van der Waals surface area contributed by atoms with Crippen molar-refractivity contribution in [3.8, 4) is 11.3 Å². The lowest BCUT2D eigenvalue weighted by Crippen LogP contribution is -2.17. The molecule has 3 aromatic carbocycles. The number of carbonyl (C=O) groups excluding carboxylic acids is 1. The summed E-state index contributed by atoms with van der Waals surface area (Å²) in [5.41, 5.74) is 8.04. The number of carbonyl (C=O) groups is 2. The average Bonchev–Trinajstić information content (AvgIpc) is 2.74. The van der Waals surface area contributed by atoms with Crippen LogP contribution in [0.2, 0.25) is 0 Å². The molecule has 4 aromatic rings. The summed E-state index contributed by atoms with van der Waals surface area (Å²) in [4.78, 5) is 33.3. The number of aromatic nitrogens is 2. The molecule has 1 amide bonds. The van der Waals surface area contributed by atoms with E-state index in [1.165, 1.54) is 42.5 Å². The van der Waals surface area contributed by atoms with Crippen molar-refractivity contribution in [1.29, 1.82) is 0 Å². The van der Waals surface area contributed by atoms with Crippen LogP contribution in [0.4, 0.5) is 15.8 Å². The van der Waals surface area contributed by atoms with Gasteiger partial charge in [-0.15, -0.1) is 0 Å². The van der Waals surface area contributed by atoms with Crippen molar-refractivity contribution in [2.45, 2.75) is 0 Å². The van der Waals surface area contributed by atoms with Crippen molar-refractivity contribution in [1.82, 2.24) is 9.97 Å². The summed E-state index contributed by atoms with van der Waals surface area (Å²) >= 11 is 0. The van der Waals surface area contributed by atoms with Crippen LogP contribution >= 0.6 is 0 Å². The van der Waals surface area contributed by atoms with Gasteiger partial charge in [0, 0.05) is 5.56 Å². The van der Waals surface area contributed by atoms with E-state index in [0.29, 0.717) is 16.6 Å². The molecule has 1 aromatic heterocycles. The Morgan fingerprint density at radius 1 is 0.933 bits per heavy atom. The Morgan fingerprint density at radius 3 is 2.27 bits per heavy atom. The molecule has 0 saturated carbocycles. The molecule has 30 heavy (non-hydrogen) atoms. The van der Waals surface area contributed by atoms with Gasteiger partial charge in [0.2, 0.25) is 0 Å². The smallest absolute Gasteiger partial charge is 0.335 e. The third kappa shape index (κ3) is 3.66. The number of nitrogens with zero attached hydrogens (tertiary/aromatic N) is 2. The highest BCUT2D eigenvalue weighted by molar-refractivity contribution is 6.09. The third-order valence-electron chi connectivity index (χ3n) is 4.45. The molecular formula is C22H15FN4O3. The number of hydrogen-bond acceptors (Lipinski definition) is 5. The predicted molar refractivity (Wildman–Crippen MR) is 111 cm³/mol. The van der Waals surface area contributed by atoms with Gasteiger partial charge < -0.3 is 16.2 Å². The van der Waals surface area contributed by atoms with E-state index in [1.54, 1.807) is 24.3 Å². The van der Waals surface area contributed by atoms with E-state index in [-0.39, 0.29) is 28.3 Å². The Bertz CT molecular complexity index is 1290. The van der Waals surface area contributed by atoms with Gasteiger partial charge in [-0.25, -0.2) is 19.2 Å². The second-order valence-electron chi connectivity index (χ2n) is 6.48. The zero-order valence-electron chi connectivity index (χ0n) is 15.5. The first-order chi connectivity index (χ1) is 14.4. The predicted octanol–water partition coefficient (Wildman–Crippen LogP) is 3.97. The van der Waals surface area contributed by atoms with Crippen molar-refractivity contribution in [3.63, 3.8) is 0 Å². The molecule has 0 saturated heterocycles. The molecular weight excluding hydrogens is 387 g/mol. The molecule has 0 aliphatic rings. The first-order valence-electron chi connectivity index (χ1n) is 8.89. The van der Waals surface area contributed by atoms with Crippen LogP contribution in [-0.4, -0.2) is 27.0 Å². The van der Waals surface area contributed by atoms with E-state index >= 15 is 0 Å². The lowest BCUT2D eigenvalue weighted by molar-refractivity contribution is 0.0696. The minimum absolute atomic E-state index is 0.000404. The number of amides is 1. The number of anilines is 2. The zero-order valence-corrected chi connectivity index (χ0v) is 15.5. The Labute approximate surface area is 170 Å². The van der Waals surface area contributed by atoms with Crippen molar-refractivity contribution in [3.05, 3.63) is 83.8 Å². The van der Waals surface area contributed by atoms with Crippen LogP contribution in [0.25, 0.3) is 22.3 Å². The first-order valence-corrected chi connectivity index (χ1v) is 8.89. The van der Waals surface area contributed by atoms with E-state index in [0.717, 1.165) is 0 Å². The molecule has 7 nitrogen and oxygen atoms in total. The molecule has 0 aliphatic heterocycles. The quantitative estimate of drug-likeness (QED) is 0.445. The number of aromatic carboxylic acids is 1. The van der Waals surface area contributed by atoms with E-state index in [2.05, 4.69) is 15.3 Å². The summed E-state index contributed by atoms with van der Waals surface area (Å²) in [5.74, 6) is -2.19. The highest BCUT2D eigenvalue weighted by atomic mass is 19.1. The SMILES string of the molecule is Nc1ccc(C(=O)O)cc1NC(=O)c1nc2ccccc2nc1-c1ccc(F)cc1. The van der Waals surface area contributed by atoms with Gasteiger partial charge in [0.15, 0.2) is 5.69 Å². The van der Waals surface area contributed by atoms with Gasteiger partial charge in [-0.3, -0.25) is 4.79 Å². The van der Waals surface area contributed by atoms with Crippen LogP contribution in [0, 0.1) is 5.82 Å². The van der Waals surface area contributed by atoms with Gasteiger partial charge >= 0.3 is 5.97 Å². The van der Waals surface area contributed by atoms with E-state index in [4.69, 9.17) is 5.73 Å². The fraction of sp³-hybridized carbons (Fsp3) is 0. The second kappa shape index (κ2) is 7.59. The molecule has 4 rings (SSSR count). The maximum atomic E-state index is 13.4. The van der Waals surface area contributed by atoms with E-state index < -0.39 is 17.7 Å². The van der Waals surface area contributed by atoms with Crippen molar-refractivity contribution < 1.29 is 19.1 Å². The summed E-state index contributed by atoms with van der Waals surface area (Å²) in [7, 11) is 0. The fourth-order valence-electron chi connectivity index (χ4n) is 2.95. The van der Waals surface area contributed by atoms with Gasteiger partial charge in [-0.05, 0) is 54.6 Å². The lowest BCUT2D eigenvalue weighted by atomic mass is 10.1. The van der Waals surface area contributed by atoms with Crippen LogP contribution in [-0.2, 0) is 0 Å². The molecule has 0 radical (unpaired) electrons. The maximum absolute atomic E-state index is 13.4. The summed E-state index contributed by atoms with van der Waals surface area (Å²) < 4.78 is 13.4. The topological polar surface area (TPSA) is 118 Å². The minimum atomic E-state index is -1.15. The number of halogens is 1. The van der Waals surface area contributed by atoms with Crippen molar-refractivity contribution >= 4 is 34.3 Å². The van der Waals surface area contributed by atoms with Gasteiger partial charge in [0.05, 0.1) is 28.0 Å². The van der Waals surface area contributed by atoms with E-state index in [9.17, 15) is 19.1 Å². The zero-order chi connectivity index (χ0) is 21.3. The lowest BCUT2D eigenvalue weighted by Gasteiger charge is -2.12. The number of nitrogen functional groups attached to an aromatic ring is 1. The summed E-state index contributed by atoms with van der Waals surface area (Å²) in [6.45, 7) is 0. The van der Waals surface area contributed by atoms with Crippen LogP contribution in [0.1, 0.15) is 20.8 Å². The largest absolute Gasteiger partial charge is 0.478 e. The molecule has 0 fully saturated rings. The number of rotatable bonds is 4. The first kappa shape index (κ1) is 19.0. The number of carboxylic acid groups (broad SMARTS) is 1. The number of nitrogens with two attached hydrogens (primary N) is 1. The van der Waals surface area contributed by atoms with Crippen LogP contribution in [0.15, 0.2) is 66.7 Å². The van der Waals surface area contributed by atoms with Crippen LogP contribution < -0.4 is 11.1 Å². The number of fused-ring (bicyclic) bond motifs is 1. The normalized spacial score (nSPS) is 10.7. The number of carboxylic acids is 1. The molecule has 4 N–H and O–H groups in total. The Hall–Kier alpha value is -4.33. The Kier molecular flexibility index (Phi) is 4.81. The van der Waals surface area contributed by atoms with Crippen molar-refractivity contribution in [2.24, 2.45) is 0 Å². The third-order valence-corrected chi connectivity index (χ3v) is 4.45. The highest BCUT2D eigenvalue weighted by Crippen LogP contribution is 2.26. The molecule has 1 heterocycles. The molecule has 0 unspecified atom stereocenters. The number of para-hydroxylation sites is 2. The monoisotopic (exact) mass is 402 g/mol. The molecule has 8 heteroatoms. The van der Waals surface area contributed by atoms with Crippen LogP contribution in [0.3, 0.4) is 0 Å². The van der Waals surface area contributed by atoms with Gasteiger partial charge in [-0.2, -0.15) is 0 Å². The van der Waals surface area contributed by atoms with E-state index in [1.807, 2.05) is 0 Å². The molecule has 0 atom stereocenters. The van der Waals surface area contributed by atoms with Crippen LogP contribution in [0.5, 0.6) is 0 Å².